The van der Waals surface area contributed by atoms with Crippen LogP contribution in [0.3, 0.4) is 0 Å². The van der Waals surface area contributed by atoms with Gasteiger partial charge >= 0.3 is 6.09 Å². The van der Waals surface area contributed by atoms with Crippen molar-refractivity contribution in [2.75, 3.05) is 6.61 Å². The Morgan fingerprint density at radius 1 is 1.42 bits per heavy atom. The Bertz CT molecular complexity index is 481. The SMILES string of the molecule is C/C=C/C(=O)N1C(=O)OC[C@@H]1CCc1ccccc1. The number of nitrogens with zero attached hydrogens (tertiary/aromatic N) is 1. The van der Waals surface area contributed by atoms with E-state index in [0.29, 0.717) is 0 Å². The maximum Gasteiger partial charge on any atom is 0.417 e. The number of rotatable bonds is 4. The molecule has 4 nitrogen and oxygen atoms in total. The third kappa shape index (κ3) is 3.22. The molecule has 0 unspecified atom stereocenters. The van der Waals surface area contributed by atoms with E-state index in [9.17, 15) is 9.59 Å². The van der Waals surface area contributed by atoms with Crippen molar-refractivity contribution < 1.29 is 14.3 Å². The van der Waals surface area contributed by atoms with Gasteiger partial charge in [-0.05, 0) is 31.4 Å². The van der Waals surface area contributed by atoms with Crippen LogP contribution in [0.2, 0.25) is 0 Å². The smallest absolute Gasteiger partial charge is 0.417 e. The lowest BCUT2D eigenvalue weighted by Gasteiger charge is -2.17. The van der Waals surface area contributed by atoms with Crippen molar-refractivity contribution in [3.8, 4) is 0 Å². The molecule has 2 rings (SSSR count). The fourth-order valence-electron chi connectivity index (χ4n) is 2.14. The quantitative estimate of drug-likeness (QED) is 0.781. The van der Waals surface area contributed by atoms with Crippen LogP contribution < -0.4 is 0 Å². The topological polar surface area (TPSA) is 46.6 Å². The van der Waals surface area contributed by atoms with Crippen LogP contribution in [-0.2, 0) is 16.0 Å². The second-order valence-corrected chi connectivity index (χ2v) is 4.46. The highest BCUT2D eigenvalue weighted by Crippen LogP contribution is 2.18. The summed E-state index contributed by atoms with van der Waals surface area (Å²) < 4.78 is 4.97. The van der Waals surface area contributed by atoms with E-state index in [1.165, 1.54) is 16.5 Å². The predicted molar refractivity (Wildman–Crippen MR) is 71.6 cm³/mol. The Morgan fingerprint density at radius 3 is 2.84 bits per heavy atom. The van der Waals surface area contributed by atoms with Gasteiger partial charge in [0, 0.05) is 0 Å². The molecule has 19 heavy (non-hydrogen) atoms. The van der Waals surface area contributed by atoms with Crippen molar-refractivity contribution in [2.45, 2.75) is 25.8 Å². The molecule has 1 atom stereocenters. The van der Waals surface area contributed by atoms with Gasteiger partial charge in [0.2, 0.25) is 0 Å². The van der Waals surface area contributed by atoms with Gasteiger partial charge in [-0.3, -0.25) is 4.79 Å². The second-order valence-electron chi connectivity index (χ2n) is 4.46. The van der Waals surface area contributed by atoms with Gasteiger partial charge in [0.05, 0.1) is 6.04 Å². The Hall–Kier alpha value is -2.10. The number of amides is 2. The Labute approximate surface area is 112 Å². The first kappa shape index (κ1) is 13.3. The van der Waals surface area contributed by atoms with E-state index in [0.717, 1.165) is 12.8 Å². The van der Waals surface area contributed by atoms with Crippen molar-refractivity contribution in [1.29, 1.82) is 0 Å². The Balaban J connectivity index is 1.99. The molecule has 100 valence electrons. The summed E-state index contributed by atoms with van der Waals surface area (Å²) in [7, 11) is 0. The molecule has 0 aliphatic carbocycles. The fourth-order valence-corrected chi connectivity index (χ4v) is 2.14. The molecule has 0 spiro atoms. The largest absolute Gasteiger partial charge is 0.447 e. The summed E-state index contributed by atoms with van der Waals surface area (Å²) in [6.07, 6.45) is 4.02. The van der Waals surface area contributed by atoms with Crippen LogP contribution in [0.25, 0.3) is 0 Å². The first-order valence-electron chi connectivity index (χ1n) is 6.39. The molecular weight excluding hydrogens is 242 g/mol. The summed E-state index contributed by atoms with van der Waals surface area (Å²) in [4.78, 5) is 24.6. The van der Waals surface area contributed by atoms with E-state index < -0.39 is 6.09 Å². The number of imide groups is 1. The van der Waals surface area contributed by atoms with Gasteiger partial charge in [-0.1, -0.05) is 36.4 Å². The molecule has 1 aromatic rings. The predicted octanol–water partition coefficient (Wildman–Crippen LogP) is 2.54. The lowest BCUT2D eigenvalue weighted by atomic mass is 10.1. The van der Waals surface area contributed by atoms with Crippen LogP contribution in [0.15, 0.2) is 42.5 Å². The molecule has 1 fully saturated rings. The molecular formula is C15H17NO3. The standard InChI is InChI=1S/C15H17NO3/c1-2-6-14(17)16-13(11-19-15(16)18)10-9-12-7-4-3-5-8-12/h2-8,13H,9-11H2,1H3/b6-2+/t13-/m0/s1. The van der Waals surface area contributed by atoms with Gasteiger partial charge in [-0.2, -0.15) is 0 Å². The van der Waals surface area contributed by atoms with Crippen LogP contribution in [-0.4, -0.2) is 29.5 Å². The number of carbonyl (C=O) groups is 2. The molecule has 1 aliphatic rings. The van der Waals surface area contributed by atoms with Crippen LogP contribution in [0.4, 0.5) is 4.79 Å². The van der Waals surface area contributed by atoms with Gasteiger partial charge in [0.25, 0.3) is 5.91 Å². The third-order valence-corrected chi connectivity index (χ3v) is 3.12. The van der Waals surface area contributed by atoms with Crippen LogP contribution in [0.1, 0.15) is 18.9 Å². The van der Waals surface area contributed by atoms with E-state index in [4.69, 9.17) is 4.74 Å². The van der Waals surface area contributed by atoms with E-state index in [1.54, 1.807) is 13.0 Å². The van der Waals surface area contributed by atoms with E-state index in [2.05, 4.69) is 0 Å². The zero-order valence-corrected chi connectivity index (χ0v) is 10.9. The molecule has 1 heterocycles. The maximum absolute atomic E-state index is 11.8. The lowest BCUT2D eigenvalue weighted by Crippen LogP contribution is -2.38. The Kier molecular flexibility index (Phi) is 4.34. The highest BCUT2D eigenvalue weighted by molar-refractivity contribution is 5.99. The van der Waals surface area contributed by atoms with Crippen molar-refractivity contribution in [1.82, 2.24) is 4.90 Å². The molecule has 0 bridgehead atoms. The van der Waals surface area contributed by atoms with Crippen molar-refractivity contribution in [2.24, 2.45) is 0 Å². The summed E-state index contributed by atoms with van der Waals surface area (Å²) >= 11 is 0. The summed E-state index contributed by atoms with van der Waals surface area (Å²) in [5.74, 6) is -0.303. The summed E-state index contributed by atoms with van der Waals surface area (Å²) in [5.41, 5.74) is 1.19. The molecule has 1 aliphatic heterocycles. The van der Waals surface area contributed by atoms with Gasteiger partial charge in [-0.15, -0.1) is 0 Å². The highest BCUT2D eigenvalue weighted by Gasteiger charge is 2.36. The van der Waals surface area contributed by atoms with Crippen molar-refractivity contribution >= 4 is 12.0 Å². The minimum atomic E-state index is -0.541. The van der Waals surface area contributed by atoms with Gasteiger partial charge in [-0.25, -0.2) is 9.69 Å². The zero-order chi connectivity index (χ0) is 13.7. The highest BCUT2D eigenvalue weighted by atomic mass is 16.6. The number of hydrogen-bond acceptors (Lipinski definition) is 3. The first-order chi connectivity index (χ1) is 9.22. The number of aryl methyl sites for hydroxylation is 1. The zero-order valence-electron chi connectivity index (χ0n) is 10.9. The molecule has 2 amide bonds. The van der Waals surface area contributed by atoms with Crippen molar-refractivity contribution in [3.05, 3.63) is 48.0 Å². The molecule has 0 saturated carbocycles. The third-order valence-electron chi connectivity index (χ3n) is 3.12. The molecule has 0 aromatic heterocycles. The Morgan fingerprint density at radius 2 is 2.16 bits per heavy atom. The minimum absolute atomic E-state index is 0.170. The van der Waals surface area contributed by atoms with Crippen LogP contribution >= 0.6 is 0 Å². The second kappa shape index (κ2) is 6.18. The average molecular weight is 259 g/mol. The number of allylic oxidation sites excluding steroid dienone is 1. The van der Waals surface area contributed by atoms with Crippen molar-refractivity contribution in [3.63, 3.8) is 0 Å². The van der Waals surface area contributed by atoms with Crippen LogP contribution in [0, 0.1) is 0 Å². The number of hydrogen-bond donors (Lipinski definition) is 0. The van der Waals surface area contributed by atoms with Crippen LogP contribution in [0.5, 0.6) is 0 Å². The molecule has 1 aromatic carbocycles. The summed E-state index contributed by atoms with van der Waals surface area (Å²) in [6.45, 7) is 2.03. The fraction of sp³-hybridized carbons (Fsp3) is 0.333. The van der Waals surface area contributed by atoms with E-state index in [1.807, 2.05) is 30.3 Å². The van der Waals surface area contributed by atoms with Gasteiger partial charge < -0.3 is 4.74 Å². The van der Waals surface area contributed by atoms with E-state index in [-0.39, 0.29) is 18.6 Å². The summed E-state index contributed by atoms with van der Waals surface area (Å²) in [5, 5.41) is 0. The molecule has 0 N–H and O–H groups in total. The average Bonchev–Trinajstić information content (AvgIpc) is 2.79. The first-order valence-corrected chi connectivity index (χ1v) is 6.39. The molecule has 1 saturated heterocycles. The number of carbonyl (C=O) groups excluding carboxylic acids is 2. The van der Waals surface area contributed by atoms with Gasteiger partial charge in [0.1, 0.15) is 6.61 Å². The summed E-state index contributed by atoms with van der Waals surface area (Å²) in [6, 6.07) is 9.83. The monoisotopic (exact) mass is 259 g/mol. The molecule has 0 radical (unpaired) electrons. The number of cyclic esters (lactones) is 1. The minimum Gasteiger partial charge on any atom is -0.447 e. The number of ether oxygens (including phenoxy) is 1. The van der Waals surface area contributed by atoms with Gasteiger partial charge in [0.15, 0.2) is 0 Å². The maximum atomic E-state index is 11.8. The normalized spacial score (nSPS) is 18.9. The number of benzene rings is 1. The van der Waals surface area contributed by atoms with E-state index >= 15 is 0 Å². The lowest BCUT2D eigenvalue weighted by molar-refractivity contribution is -0.124. The molecule has 4 heteroatoms.